The second-order valence-corrected chi connectivity index (χ2v) is 5.56. The summed E-state index contributed by atoms with van der Waals surface area (Å²) in [6, 6.07) is 11.5. The number of nitrogens with two attached hydrogens (primary N) is 1. The number of aliphatic hydroxyl groups excluding tert-OH is 1. The third kappa shape index (κ3) is 2.88. The Balaban J connectivity index is 2.33. The summed E-state index contributed by atoms with van der Waals surface area (Å²) in [6.45, 7) is 6.61. The summed E-state index contributed by atoms with van der Waals surface area (Å²) in [4.78, 5) is 0. The van der Waals surface area contributed by atoms with Crippen LogP contribution in [0.3, 0.4) is 0 Å². The van der Waals surface area contributed by atoms with E-state index < -0.39 is 6.10 Å². The zero-order valence-corrected chi connectivity index (χ0v) is 11.7. The molecule has 0 saturated carbocycles. The molecule has 1 aromatic carbocycles. The van der Waals surface area contributed by atoms with E-state index in [-0.39, 0.29) is 5.41 Å². The van der Waals surface area contributed by atoms with Crippen molar-refractivity contribution in [2.45, 2.75) is 32.3 Å². The Morgan fingerprint density at radius 1 is 1.26 bits per heavy atom. The SMILES string of the molecule is Cc1ccc(C(O)c2cccc(C(C)(C)CN)c2)o1. The predicted molar refractivity (Wildman–Crippen MR) is 76.0 cm³/mol. The number of rotatable bonds is 4. The fourth-order valence-electron chi connectivity index (χ4n) is 2.01. The number of furan rings is 1. The van der Waals surface area contributed by atoms with Crippen molar-refractivity contribution < 1.29 is 9.52 Å². The molecule has 1 heterocycles. The van der Waals surface area contributed by atoms with Crippen molar-refractivity contribution in [2.24, 2.45) is 5.73 Å². The Morgan fingerprint density at radius 3 is 2.58 bits per heavy atom. The minimum Gasteiger partial charge on any atom is -0.463 e. The second-order valence-electron chi connectivity index (χ2n) is 5.56. The number of benzene rings is 1. The van der Waals surface area contributed by atoms with Gasteiger partial charge < -0.3 is 15.3 Å². The Labute approximate surface area is 114 Å². The highest BCUT2D eigenvalue weighted by molar-refractivity contribution is 5.33. The molecule has 0 fully saturated rings. The molecule has 0 saturated heterocycles. The van der Waals surface area contributed by atoms with Gasteiger partial charge >= 0.3 is 0 Å². The molecule has 0 aliphatic carbocycles. The van der Waals surface area contributed by atoms with Crippen LogP contribution in [0.2, 0.25) is 0 Å². The van der Waals surface area contributed by atoms with Crippen molar-refractivity contribution in [3.63, 3.8) is 0 Å². The number of hydrogen-bond donors (Lipinski definition) is 2. The Kier molecular flexibility index (Phi) is 3.78. The first kappa shape index (κ1) is 13.8. The predicted octanol–water partition coefficient (Wildman–Crippen LogP) is 2.91. The zero-order chi connectivity index (χ0) is 14.0. The van der Waals surface area contributed by atoms with Gasteiger partial charge in [-0.3, -0.25) is 0 Å². The first-order valence-corrected chi connectivity index (χ1v) is 6.49. The number of hydrogen-bond acceptors (Lipinski definition) is 3. The molecule has 1 unspecified atom stereocenters. The van der Waals surface area contributed by atoms with Crippen LogP contribution in [0.15, 0.2) is 40.8 Å². The van der Waals surface area contributed by atoms with E-state index in [1.165, 1.54) is 0 Å². The lowest BCUT2D eigenvalue weighted by atomic mass is 9.83. The second kappa shape index (κ2) is 5.19. The third-order valence-corrected chi connectivity index (χ3v) is 3.52. The maximum atomic E-state index is 10.3. The van der Waals surface area contributed by atoms with Crippen LogP contribution in [0, 0.1) is 6.92 Å². The Morgan fingerprint density at radius 2 is 2.00 bits per heavy atom. The van der Waals surface area contributed by atoms with E-state index in [9.17, 15) is 5.11 Å². The molecule has 3 N–H and O–H groups in total. The van der Waals surface area contributed by atoms with E-state index >= 15 is 0 Å². The maximum Gasteiger partial charge on any atom is 0.137 e. The molecule has 1 aromatic heterocycles. The average molecular weight is 259 g/mol. The molecule has 0 aliphatic heterocycles. The molecule has 102 valence electrons. The molecule has 2 aromatic rings. The molecule has 2 rings (SSSR count). The molecule has 0 spiro atoms. The van der Waals surface area contributed by atoms with Crippen LogP contribution in [-0.2, 0) is 5.41 Å². The average Bonchev–Trinajstić information content (AvgIpc) is 2.84. The van der Waals surface area contributed by atoms with E-state index in [1.807, 2.05) is 37.3 Å². The van der Waals surface area contributed by atoms with Gasteiger partial charge in [-0.25, -0.2) is 0 Å². The first-order chi connectivity index (χ1) is 8.94. The van der Waals surface area contributed by atoms with Gasteiger partial charge in [0.1, 0.15) is 17.6 Å². The van der Waals surface area contributed by atoms with Gasteiger partial charge in [-0.1, -0.05) is 38.1 Å². The van der Waals surface area contributed by atoms with Gasteiger partial charge in [-0.2, -0.15) is 0 Å². The lowest BCUT2D eigenvalue weighted by Crippen LogP contribution is -2.28. The molecule has 0 aliphatic rings. The highest BCUT2D eigenvalue weighted by Gasteiger charge is 2.21. The van der Waals surface area contributed by atoms with Crippen molar-refractivity contribution in [3.8, 4) is 0 Å². The van der Waals surface area contributed by atoms with Gasteiger partial charge in [0.2, 0.25) is 0 Å². The van der Waals surface area contributed by atoms with Crippen LogP contribution >= 0.6 is 0 Å². The van der Waals surface area contributed by atoms with Crippen molar-refractivity contribution in [1.82, 2.24) is 0 Å². The summed E-state index contributed by atoms with van der Waals surface area (Å²) < 4.78 is 5.48. The summed E-state index contributed by atoms with van der Waals surface area (Å²) in [5, 5.41) is 10.3. The third-order valence-electron chi connectivity index (χ3n) is 3.52. The van der Waals surface area contributed by atoms with E-state index in [1.54, 1.807) is 6.07 Å². The van der Waals surface area contributed by atoms with Crippen LogP contribution in [-0.4, -0.2) is 11.7 Å². The van der Waals surface area contributed by atoms with E-state index in [0.29, 0.717) is 12.3 Å². The fourth-order valence-corrected chi connectivity index (χ4v) is 2.01. The Hall–Kier alpha value is -1.58. The fraction of sp³-hybridized carbons (Fsp3) is 0.375. The van der Waals surface area contributed by atoms with Gasteiger partial charge in [0.15, 0.2) is 0 Å². The molecule has 3 nitrogen and oxygen atoms in total. The molecule has 0 amide bonds. The van der Waals surface area contributed by atoms with Crippen LogP contribution in [0.25, 0.3) is 0 Å². The lowest BCUT2D eigenvalue weighted by Gasteiger charge is -2.24. The van der Waals surface area contributed by atoms with Gasteiger partial charge in [0, 0.05) is 12.0 Å². The summed E-state index contributed by atoms with van der Waals surface area (Å²) in [5.41, 5.74) is 7.64. The summed E-state index contributed by atoms with van der Waals surface area (Å²) in [5.74, 6) is 1.37. The van der Waals surface area contributed by atoms with Crippen molar-refractivity contribution in [3.05, 3.63) is 59.0 Å². The molecule has 0 radical (unpaired) electrons. The molecule has 3 heteroatoms. The highest BCUT2D eigenvalue weighted by Crippen LogP contribution is 2.28. The molecule has 0 bridgehead atoms. The minimum atomic E-state index is -0.734. The summed E-state index contributed by atoms with van der Waals surface area (Å²) in [7, 11) is 0. The lowest BCUT2D eigenvalue weighted by molar-refractivity contribution is 0.187. The van der Waals surface area contributed by atoms with Gasteiger partial charge in [-0.05, 0) is 30.2 Å². The standard InChI is InChI=1S/C16H21NO2/c1-11-7-8-14(19-11)15(18)12-5-4-6-13(9-12)16(2,3)10-17/h4-9,15,18H,10,17H2,1-3H3. The van der Waals surface area contributed by atoms with Crippen LogP contribution in [0.1, 0.15) is 42.6 Å². The molecular weight excluding hydrogens is 238 g/mol. The zero-order valence-electron chi connectivity index (χ0n) is 11.7. The van der Waals surface area contributed by atoms with Gasteiger partial charge in [-0.15, -0.1) is 0 Å². The maximum absolute atomic E-state index is 10.3. The molecule has 1 atom stereocenters. The topological polar surface area (TPSA) is 59.4 Å². The van der Waals surface area contributed by atoms with Crippen LogP contribution in [0.4, 0.5) is 0 Å². The van der Waals surface area contributed by atoms with E-state index in [2.05, 4.69) is 13.8 Å². The number of aliphatic hydroxyl groups is 1. The van der Waals surface area contributed by atoms with E-state index in [4.69, 9.17) is 10.2 Å². The van der Waals surface area contributed by atoms with Crippen LogP contribution in [0.5, 0.6) is 0 Å². The normalized spacial score (nSPS) is 13.5. The molecular formula is C16H21NO2. The van der Waals surface area contributed by atoms with Gasteiger partial charge in [0.05, 0.1) is 0 Å². The summed E-state index contributed by atoms with van der Waals surface area (Å²) in [6.07, 6.45) is -0.734. The minimum absolute atomic E-state index is 0.102. The van der Waals surface area contributed by atoms with Gasteiger partial charge in [0.25, 0.3) is 0 Å². The quantitative estimate of drug-likeness (QED) is 0.887. The van der Waals surface area contributed by atoms with Crippen molar-refractivity contribution in [1.29, 1.82) is 0 Å². The van der Waals surface area contributed by atoms with E-state index in [0.717, 1.165) is 16.9 Å². The highest BCUT2D eigenvalue weighted by atomic mass is 16.4. The Bertz CT molecular complexity index is 557. The summed E-state index contributed by atoms with van der Waals surface area (Å²) >= 11 is 0. The smallest absolute Gasteiger partial charge is 0.137 e. The van der Waals surface area contributed by atoms with Crippen molar-refractivity contribution >= 4 is 0 Å². The van der Waals surface area contributed by atoms with Crippen LogP contribution < -0.4 is 5.73 Å². The largest absolute Gasteiger partial charge is 0.463 e. The molecule has 19 heavy (non-hydrogen) atoms. The first-order valence-electron chi connectivity index (χ1n) is 6.49. The number of aryl methyl sites for hydroxylation is 1. The van der Waals surface area contributed by atoms with Crippen molar-refractivity contribution in [2.75, 3.05) is 6.54 Å². The monoisotopic (exact) mass is 259 g/mol.